The molecular formula is C7H10N2. The van der Waals surface area contributed by atoms with E-state index in [0.29, 0.717) is 0 Å². The van der Waals surface area contributed by atoms with Gasteiger partial charge in [0.15, 0.2) is 0 Å². The van der Waals surface area contributed by atoms with Crippen molar-refractivity contribution >= 4 is 0 Å². The molecule has 0 unspecified atom stereocenters. The summed E-state index contributed by atoms with van der Waals surface area (Å²) in [4.78, 5) is 3.09. The van der Waals surface area contributed by atoms with E-state index in [9.17, 15) is 0 Å². The average molecular weight is 122 g/mol. The van der Waals surface area contributed by atoms with Gasteiger partial charge in [0.2, 0.25) is 0 Å². The second kappa shape index (κ2) is 4.92. The minimum atomic E-state index is 1.10. The Bertz CT molecular complexity index is 151. The van der Waals surface area contributed by atoms with Gasteiger partial charge in [0.05, 0.1) is 0 Å². The van der Waals surface area contributed by atoms with Crippen LogP contribution >= 0.6 is 0 Å². The number of hydrogen-bond donors (Lipinski definition) is 1. The van der Waals surface area contributed by atoms with Gasteiger partial charge >= 0.3 is 0 Å². The number of aryl methyl sites for hydroxylation is 1. The molecule has 2 heteroatoms. The monoisotopic (exact) mass is 122 g/mol. The Morgan fingerprint density at radius 3 is 2.56 bits per heavy atom. The molecular weight excluding hydrogens is 112 g/mol. The zero-order valence-electron chi connectivity index (χ0n) is 5.46. The highest BCUT2D eigenvalue weighted by Gasteiger charge is 1.80. The Hall–Kier alpha value is -1.23. The second-order valence-electron chi connectivity index (χ2n) is 1.55. The number of nitriles is 1. The molecule has 0 saturated heterocycles. The summed E-state index contributed by atoms with van der Waals surface area (Å²) in [5.41, 5.74) is 1.31. The van der Waals surface area contributed by atoms with Gasteiger partial charge in [0, 0.05) is 18.5 Å². The lowest BCUT2D eigenvalue weighted by molar-refractivity contribution is 1.06. The van der Waals surface area contributed by atoms with Crippen LogP contribution in [-0.4, -0.2) is 4.98 Å². The molecule has 0 aliphatic heterocycles. The van der Waals surface area contributed by atoms with E-state index in [1.165, 1.54) is 5.69 Å². The van der Waals surface area contributed by atoms with Gasteiger partial charge in [-0.25, -0.2) is 5.26 Å². The van der Waals surface area contributed by atoms with Crippen molar-refractivity contribution in [3.05, 3.63) is 24.0 Å². The molecule has 1 rings (SSSR count). The summed E-state index contributed by atoms with van der Waals surface area (Å²) in [7, 11) is 0. The minimum absolute atomic E-state index is 1.10. The molecule has 1 N–H and O–H groups in total. The number of rotatable bonds is 1. The summed E-state index contributed by atoms with van der Waals surface area (Å²) in [6.45, 7) is 5.63. The highest BCUT2D eigenvalue weighted by atomic mass is 14.7. The van der Waals surface area contributed by atoms with Crippen LogP contribution in [-0.2, 0) is 6.42 Å². The molecule has 1 aromatic rings. The predicted octanol–water partition coefficient (Wildman–Crippen LogP) is 1.72. The van der Waals surface area contributed by atoms with Crippen LogP contribution in [0.5, 0.6) is 0 Å². The highest BCUT2D eigenvalue weighted by Crippen LogP contribution is 1.92. The van der Waals surface area contributed by atoms with Gasteiger partial charge < -0.3 is 4.98 Å². The second-order valence-corrected chi connectivity index (χ2v) is 1.55. The third-order valence-corrected chi connectivity index (χ3v) is 1.04. The molecule has 1 heterocycles. The Balaban J connectivity index is 0.000000291. The zero-order chi connectivity index (χ0) is 7.11. The molecule has 0 atom stereocenters. The molecule has 1 aromatic heterocycles. The van der Waals surface area contributed by atoms with Gasteiger partial charge in [0.25, 0.3) is 0 Å². The molecule has 0 fully saturated rings. The van der Waals surface area contributed by atoms with E-state index in [0.717, 1.165) is 6.42 Å². The maximum Gasteiger partial charge on any atom is 0.0462 e. The smallest absolute Gasteiger partial charge is 0.0462 e. The minimum Gasteiger partial charge on any atom is -0.365 e. The van der Waals surface area contributed by atoms with Gasteiger partial charge in [-0.15, -0.1) is 0 Å². The third-order valence-electron chi connectivity index (χ3n) is 1.04. The molecule has 0 spiro atoms. The van der Waals surface area contributed by atoms with Crippen LogP contribution < -0.4 is 0 Å². The summed E-state index contributed by atoms with van der Waals surface area (Å²) in [6.07, 6.45) is 3.05. The Kier molecular flexibility index (Phi) is 4.25. The summed E-state index contributed by atoms with van der Waals surface area (Å²) in [5.74, 6) is 0. The van der Waals surface area contributed by atoms with E-state index in [1.54, 1.807) is 0 Å². The van der Waals surface area contributed by atoms with Gasteiger partial charge in [0.1, 0.15) is 0 Å². The maximum atomic E-state index is 6.50. The number of nitrogens with one attached hydrogen (secondary N) is 1. The maximum absolute atomic E-state index is 6.50. The number of aromatic nitrogens is 1. The third kappa shape index (κ3) is 2.55. The van der Waals surface area contributed by atoms with Crippen molar-refractivity contribution in [1.82, 2.24) is 4.98 Å². The van der Waals surface area contributed by atoms with Gasteiger partial charge in [-0.3, -0.25) is 0 Å². The molecule has 48 valence electrons. The predicted molar refractivity (Wildman–Crippen MR) is 36.8 cm³/mol. The van der Waals surface area contributed by atoms with Crippen molar-refractivity contribution in [3.8, 4) is 6.57 Å². The van der Waals surface area contributed by atoms with E-state index in [2.05, 4.69) is 24.5 Å². The average Bonchev–Trinajstić information content (AvgIpc) is 2.43. The van der Waals surface area contributed by atoms with Crippen molar-refractivity contribution < 1.29 is 0 Å². The van der Waals surface area contributed by atoms with E-state index < -0.39 is 0 Å². The Morgan fingerprint density at radius 1 is 1.67 bits per heavy atom. The van der Waals surface area contributed by atoms with E-state index >= 15 is 0 Å². The molecule has 0 radical (unpaired) electrons. The number of H-pyrrole nitrogens is 1. The van der Waals surface area contributed by atoms with Crippen LogP contribution in [0.2, 0.25) is 0 Å². The van der Waals surface area contributed by atoms with Crippen LogP contribution in [0.25, 0.3) is 0 Å². The lowest BCUT2D eigenvalue weighted by atomic mass is 10.4. The standard InChI is InChI=1S/C6H9N.CHN/c1-2-6-4-3-5-7-6;1-2/h3-5,7H,2H2,1H3;1H. The van der Waals surface area contributed by atoms with E-state index in [4.69, 9.17) is 5.26 Å². The largest absolute Gasteiger partial charge is 0.365 e. The molecule has 0 saturated carbocycles. The molecule has 0 aliphatic rings. The molecule has 0 aliphatic carbocycles. The van der Waals surface area contributed by atoms with Crippen LogP contribution in [0, 0.1) is 11.8 Å². The molecule has 9 heavy (non-hydrogen) atoms. The van der Waals surface area contributed by atoms with E-state index in [-0.39, 0.29) is 0 Å². The number of nitrogens with zero attached hydrogens (tertiary/aromatic N) is 1. The molecule has 2 nitrogen and oxygen atoms in total. The topological polar surface area (TPSA) is 39.6 Å². The first-order valence-corrected chi connectivity index (χ1v) is 2.81. The first-order chi connectivity index (χ1) is 4.43. The van der Waals surface area contributed by atoms with Crippen molar-refractivity contribution in [2.45, 2.75) is 13.3 Å². The first-order valence-electron chi connectivity index (χ1n) is 2.81. The van der Waals surface area contributed by atoms with Crippen LogP contribution in [0.4, 0.5) is 0 Å². The lowest BCUT2D eigenvalue weighted by Gasteiger charge is -1.81. The summed E-state index contributed by atoms with van der Waals surface area (Å²) < 4.78 is 0. The van der Waals surface area contributed by atoms with E-state index in [1.807, 2.05) is 12.3 Å². The summed E-state index contributed by atoms with van der Waals surface area (Å²) in [6, 6.07) is 4.10. The normalized spacial score (nSPS) is 7.44. The Labute approximate surface area is 55.1 Å². The quantitative estimate of drug-likeness (QED) is 0.605. The van der Waals surface area contributed by atoms with Crippen molar-refractivity contribution in [1.29, 1.82) is 5.26 Å². The fourth-order valence-electron chi connectivity index (χ4n) is 0.587. The lowest BCUT2D eigenvalue weighted by Crippen LogP contribution is -1.73. The van der Waals surface area contributed by atoms with Crippen molar-refractivity contribution in [2.75, 3.05) is 0 Å². The van der Waals surface area contributed by atoms with Crippen LogP contribution in [0.15, 0.2) is 18.3 Å². The van der Waals surface area contributed by atoms with Crippen molar-refractivity contribution in [3.63, 3.8) is 0 Å². The van der Waals surface area contributed by atoms with Gasteiger partial charge in [-0.2, -0.15) is 0 Å². The fourth-order valence-corrected chi connectivity index (χ4v) is 0.587. The van der Waals surface area contributed by atoms with Crippen LogP contribution in [0.1, 0.15) is 12.6 Å². The summed E-state index contributed by atoms with van der Waals surface area (Å²) in [5, 5.41) is 6.50. The zero-order valence-corrected chi connectivity index (χ0v) is 5.46. The number of aromatic amines is 1. The highest BCUT2D eigenvalue weighted by molar-refractivity contribution is 5.02. The first kappa shape index (κ1) is 7.77. The van der Waals surface area contributed by atoms with Gasteiger partial charge in [-0.1, -0.05) is 6.92 Å². The van der Waals surface area contributed by atoms with Crippen LogP contribution in [0.3, 0.4) is 0 Å². The van der Waals surface area contributed by atoms with Gasteiger partial charge in [-0.05, 0) is 18.6 Å². The Morgan fingerprint density at radius 2 is 2.33 bits per heavy atom. The van der Waals surface area contributed by atoms with Crippen molar-refractivity contribution in [2.24, 2.45) is 0 Å². The summed E-state index contributed by atoms with van der Waals surface area (Å²) >= 11 is 0. The fraction of sp³-hybridized carbons (Fsp3) is 0.286. The number of hydrogen-bond acceptors (Lipinski definition) is 1. The molecule has 0 bridgehead atoms. The molecule has 0 amide bonds. The molecule has 0 aromatic carbocycles. The SMILES string of the molecule is C#N.CCc1ccc[nH]1.